The summed E-state index contributed by atoms with van der Waals surface area (Å²) in [7, 11) is -0.900. The van der Waals surface area contributed by atoms with Gasteiger partial charge in [-0.1, -0.05) is 94.4 Å². The van der Waals surface area contributed by atoms with E-state index in [2.05, 4.69) is 88.4 Å². The predicted molar refractivity (Wildman–Crippen MR) is 136 cm³/mol. The zero-order valence-corrected chi connectivity index (χ0v) is 21.0. The van der Waals surface area contributed by atoms with E-state index in [0.29, 0.717) is 18.3 Å². The fourth-order valence-electron chi connectivity index (χ4n) is 4.53. The minimum absolute atomic E-state index is 0.0106. The van der Waals surface area contributed by atoms with E-state index in [0.717, 1.165) is 18.4 Å². The highest BCUT2D eigenvalue weighted by Gasteiger charge is 2.49. The number of phenolic OH excluding ortho intramolecular Hbond substituents is 1. The first-order valence-corrected chi connectivity index (χ1v) is 13.3. The Bertz CT molecular complexity index is 941. The molecule has 0 bridgehead atoms. The van der Waals surface area contributed by atoms with Crippen molar-refractivity contribution < 1.29 is 14.3 Å². The van der Waals surface area contributed by atoms with Crippen LogP contribution < -0.4 is 15.1 Å². The Balaban J connectivity index is 1.80. The summed E-state index contributed by atoms with van der Waals surface area (Å²) in [5.41, 5.74) is 1.16. The maximum atomic E-state index is 9.85. The first-order chi connectivity index (χ1) is 15.3. The molecule has 0 radical (unpaired) electrons. The van der Waals surface area contributed by atoms with Gasteiger partial charge < -0.3 is 14.3 Å². The van der Waals surface area contributed by atoms with Crippen molar-refractivity contribution in [3.05, 3.63) is 84.4 Å². The van der Waals surface area contributed by atoms with Crippen molar-refractivity contribution in [3.63, 3.8) is 0 Å². The smallest absolute Gasteiger partial charge is 0.261 e. The average Bonchev–Trinajstić information content (AvgIpc) is 2.78. The van der Waals surface area contributed by atoms with Crippen LogP contribution in [0.4, 0.5) is 0 Å². The van der Waals surface area contributed by atoms with Gasteiger partial charge in [-0.25, -0.2) is 0 Å². The topological polar surface area (TPSA) is 38.7 Å². The number of ether oxygens (including phenoxy) is 1. The van der Waals surface area contributed by atoms with Crippen LogP contribution in [0, 0.1) is 5.92 Å². The molecule has 3 aromatic carbocycles. The molecule has 3 rings (SSSR count). The van der Waals surface area contributed by atoms with Crippen molar-refractivity contribution in [1.82, 2.24) is 0 Å². The van der Waals surface area contributed by atoms with E-state index in [1.54, 1.807) is 13.2 Å². The van der Waals surface area contributed by atoms with Crippen molar-refractivity contribution in [2.75, 3.05) is 13.7 Å². The van der Waals surface area contributed by atoms with Gasteiger partial charge in [0.25, 0.3) is 8.32 Å². The van der Waals surface area contributed by atoms with Gasteiger partial charge in [-0.15, -0.1) is 0 Å². The number of aromatic hydroxyl groups is 1. The second-order valence-corrected chi connectivity index (χ2v) is 13.9. The lowest BCUT2D eigenvalue weighted by Gasteiger charge is -2.43. The molecule has 0 amide bonds. The summed E-state index contributed by atoms with van der Waals surface area (Å²) in [5, 5.41) is 12.5. The van der Waals surface area contributed by atoms with Crippen LogP contribution >= 0.6 is 0 Å². The summed E-state index contributed by atoms with van der Waals surface area (Å²) in [4.78, 5) is 0. The molecule has 0 aromatic heterocycles. The molecule has 32 heavy (non-hydrogen) atoms. The van der Waals surface area contributed by atoms with Crippen LogP contribution in [-0.4, -0.2) is 27.1 Å². The molecule has 0 aliphatic carbocycles. The quantitative estimate of drug-likeness (QED) is 0.437. The fourth-order valence-corrected chi connectivity index (χ4v) is 9.11. The first kappa shape index (κ1) is 24.1. The standard InChI is InChI=1S/C28H36O3Si/c1-22(20-23-16-17-26(29)27(21-23)30-5)18-19-31-32(28(2,3)4,24-12-8-6-9-13-24)25-14-10-7-11-15-25/h6-17,21-22,29H,18-20H2,1-5H3. The molecular formula is C28H36O3Si. The molecule has 0 saturated heterocycles. The van der Waals surface area contributed by atoms with Crippen molar-refractivity contribution in [1.29, 1.82) is 0 Å². The summed E-state index contributed by atoms with van der Waals surface area (Å²) in [6.07, 6.45) is 1.88. The number of rotatable bonds is 9. The zero-order chi connectivity index (χ0) is 23.2. The van der Waals surface area contributed by atoms with Gasteiger partial charge in [-0.3, -0.25) is 0 Å². The van der Waals surface area contributed by atoms with Gasteiger partial charge in [0.05, 0.1) is 7.11 Å². The summed E-state index contributed by atoms with van der Waals surface area (Å²) >= 11 is 0. The first-order valence-electron chi connectivity index (χ1n) is 11.4. The lowest BCUT2D eigenvalue weighted by atomic mass is 9.98. The van der Waals surface area contributed by atoms with Crippen molar-refractivity contribution >= 4 is 18.7 Å². The van der Waals surface area contributed by atoms with Gasteiger partial charge in [0.1, 0.15) is 0 Å². The zero-order valence-electron chi connectivity index (χ0n) is 20.0. The normalized spacial score (nSPS) is 13.0. The van der Waals surface area contributed by atoms with Crippen molar-refractivity contribution in [2.24, 2.45) is 5.92 Å². The Morgan fingerprint density at radius 3 is 1.94 bits per heavy atom. The number of methoxy groups -OCH3 is 1. The Hall–Kier alpha value is -2.56. The highest BCUT2D eigenvalue weighted by Crippen LogP contribution is 2.37. The van der Waals surface area contributed by atoms with E-state index >= 15 is 0 Å². The molecule has 0 aliphatic heterocycles. The second kappa shape index (κ2) is 10.4. The molecule has 4 heteroatoms. The molecule has 170 valence electrons. The molecule has 1 N–H and O–H groups in total. The third-order valence-electron chi connectivity index (χ3n) is 6.17. The van der Waals surface area contributed by atoms with E-state index in [-0.39, 0.29) is 10.8 Å². The van der Waals surface area contributed by atoms with Gasteiger partial charge in [0.2, 0.25) is 0 Å². The van der Waals surface area contributed by atoms with E-state index in [1.807, 2.05) is 12.1 Å². The number of phenols is 1. The van der Waals surface area contributed by atoms with E-state index in [4.69, 9.17) is 9.16 Å². The molecule has 0 aliphatic rings. The molecule has 0 spiro atoms. The van der Waals surface area contributed by atoms with Crippen LogP contribution in [0.2, 0.25) is 5.04 Å². The minimum atomic E-state index is -2.48. The average molecular weight is 449 g/mol. The van der Waals surface area contributed by atoms with E-state index < -0.39 is 8.32 Å². The number of hydrogen-bond acceptors (Lipinski definition) is 3. The molecule has 1 atom stereocenters. The molecule has 0 heterocycles. The Kier molecular flexibility index (Phi) is 7.80. The van der Waals surface area contributed by atoms with Crippen LogP contribution in [0.1, 0.15) is 39.7 Å². The third-order valence-corrected chi connectivity index (χ3v) is 11.2. The molecule has 1 unspecified atom stereocenters. The highest BCUT2D eigenvalue weighted by molar-refractivity contribution is 6.99. The van der Waals surface area contributed by atoms with Crippen LogP contribution in [0.5, 0.6) is 11.5 Å². The Labute approximate surface area is 194 Å². The second-order valence-electron chi connectivity index (χ2n) is 9.62. The van der Waals surface area contributed by atoms with E-state index in [1.165, 1.54) is 10.4 Å². The van der Waals surface area contributed by atoms with Gasteiger partial charge >= 0.3 is 0 Å². The number of hydrogen-bond donors (Lipinski definition) is 1. The summed E-state index contributed by atoms with van der Waals surface area (Å²) in [6.45, 7) is 9.90. The molecule has 3 nitrogen and oxygen atoms in total. The Morgan fingerprint density at radius 1 is 0.875 bits per heavy atom. The summed E-state index contributed by atoms with van der Waals surface area (Å²) in [5.74, 6) is 1.15. The van der Waals surface area contributed by atoms with Crippen LogP contribution in [0.25, 0.3) is 0 Å². The molecule has 0 fully saturated rings. The van der Waals surface area contributed by atoms with Crippen molar-refractivity contribution in [2.45, 2.75) is 45.6 Å². The summed E-state index contributed by atoms with van der Waals surface area (Å²) < 4.78 is 12.3. The van der Waals surface area contributed by atoms with Crippen LogP contribution in [0.15, 0.2) is 78.9 Å². The minimum Gasteiger partial charge on any atom is -0.504 e. The third kappa shape index (κ3) is 5.25. The van der Waals surface area contributed by atoms with E-state index in [9.17, 15) is 5.11 Å². The largest absolute Gasteiger partial charge is 0.504 e. The lowest BCUT2D eigenvalue weighted by molar-refractivity contribution is 0.267. The van der Waals surface area contributed by atoms with Gasteiger partial charge in [0.15, 0.2) is 11.5 Å². The predicted octanol–water partition coefficient (Wildman–Crippen LogP) is 5.55. The number of benzene rings is 3. The monoisotopic (exact) mass is 448 g/mol. The SMILES string of the molecule is COc1cc(CC(C)CCO[Si](c2ccccc2)(c2ccccc2)C(C)(C)C)ccc1O. The van der Waals surface area contributed by atoms with Crippen molar-refractivity contribution in [3.8, 4) is 11.5 Å². The fraction of sp³-hybridized carbons (Fsp3) is 0.357. The highest BCUT2D eigenvalue weighted by atomic mass is 28.4. The Morgan fingerprint density at radius 2 is 1.44 bits per heavy atom. The van der Waals surface area contributed by atoms with Gasteiger partial charge in [0, 0.05) is 6.61 Å². The molecule has 0 saturated carbocycles. The van der Waals surface area contributed by atoms with Crippen LogP contribution in [0.3, 0.4) is 0 Å². The van der Waals surface area contributed by atoms with Gasteiger partial charge in [-0.05, 0) is 51.9 Å². The summed E-state index contributed by atoms with van der Waals surface area (Å²) in [6, 6.07) is 27.2. The lowest BCUT2D eigenvalue weighted by Crippen LogP contribution is -2.66. The maximum absolute atomic E-state index is 9.85. The molecule has 3 aromatic rings. The van der Waals surface area contributed by atoms with Crippen LogP contribution in [-0.2, 0) is 10.8 Å². The molecular weight excluding hydrogens is 412 g/mol. The van der Waals surface area contributed by atoms with Gasteiger partial charge in [-0.2, -0.15) is 0 Å². The maximum Gasteiger partial charge on any atom is 0.261 e.